The molecule has 0 unspecified atom stereocenters. The zero-order chi connectivity index (χ0) is 19.9. The fourth-order valence-corrected chi connectivity index (χ4v) is 4.85. The summed E-state index contributed by atoms with van der Waals surface area (Å²) in [4.78, 5) is 24.2. The summed E-state index contributed by atoms with van der Waals surface area (Å²) < 4.78 is 44.4. The summed E-state index contributed by atoms with van der Waals surface area (Å²) >= 11 is 0. The molecule has 2 amide bonds. The van der Waals surface area contributed by atoms with Crippen molar-refractivity contribution in [3.8, 4) is 11.1 Å². The number of rotatable bonds is 5. The summed E-state index contributed by atoms with van der Waals surface area (Å²) in [6.45, 7) is 0.374. The molecule has 2 heterocycles. The van der Waals surface area contributed by atoms with Gasteiger partial charge in [-0.3, -0.25) is 4.79 Å². The molecule has 0 N–H and O–H groups in total. The summed E-state index contributed by atoms with van der Waals surface area (Å²) in [5, 5.41) is 0. The number of halogens is 1. The number of hydrogen-bond acceptors (Lipinski definition) is 5. The second-order valence-corrected chi connectivity index (χ2v) is 8.72. The van der Waals surface area contributed by atoms with Gasteiger partial charge in [0.1, 0.15) is 5.82 Å². The number of imide groups is 1. The van der Waals surface area contributed by atoms with E-state index in [0.717, 1.165) is 16.0 Å². The molecule has 7 nitrogen and oxygen atoms in total. The van der Waals surface area contributed by atoms with E-state index in [0.29, 0.717) is 0 Å². The third kappa shape index (κ3) is 3.38. The largest absolute Gasteiger partial charge is 0.439 e. The van der Waals surface area contributed by atoms with Gasteiger partial charge in [0.15, 0.2) is 6.61 Å². The zero-order valence-electron chi connectivity index (χ0n) is 14.7. The van der Waals surface area contributed by atoms with Gasteiger partial charge in [-0.2, -0.15) is 4.31 Å². The smallest absolute Gasteiger partial charge is 0.417 e. The first-order chi connectivity index (χ1) is 13.3. The number of ether oxygens (including phenoxy) is 1. The van der Waals surface area contributed by atoms with Crippen LogP contribution in [0.25, 0.3) is 11.1 Å². The summed E-state index contributed by atoms with van der Waals surface area (Å²) in [6.07, 6.45) is -0.678. The Morgan fingerprint density at radius 1 is 0.964 bits per heavy atom. The molecule has 0 aliphatic carbocycles. The number of benzene rings is 2. The molecule has 2 aliphatic heterocycles. The molecule has 2 aromatic carbocycles. The van der Waals surface area contributed by atoms with Gasteiger partial charge in [0.05, 0.1) is 4.90 Å². The molecule has 4 rings (SSSR count). The maximum atomic E-state index is 13.0. The van der Waals surface area contributed by atoms with Crippen LogP contribution in [0.4, 0.5) is 9.18 Å². The molecule has 0 bridgehead atoms. The minimum atomic E-state index is -3.65. The number of cyclic esters (lactones) is 1. The van der Waals surface area contributed by atoms with Gasteiger partial charge < -0.3 is 4.74 Å². The lowest BCUT2D eigenvalue weighted by molar-refractivity contribution is -0.126. The van der Waals surface area contributed by atoms with E-state index in [4.69, 9.17) is 0 Å². The van der Waals surface area contributed by atoms with Crippen LogP contribution in [0.3, 0.4) is 0 Å². The molecule has 9 heteroatoms. The van der Waals surface area contributed by atoms with Crippen molar-refractivity contribution in [3.05, 3.63) is 54.3 Å². The van der Waals surface area contributed by atoms with Gasteiger partial charge in [-0.05, 0) is 35.4 Å². The molecule has 146 valence electrons. The van der Waals surface area contributed by atoms with Crippen molar-refractivity contribution in [2.24, 2.45) is 5.92 Å². The maximum absolute atomic E-state index is 13.0. The zero-order valence-corrected chi connectivity index (χ0v) is 15.6. The minimum absolute atomic E-state index is 0.108. The Balaban J connectivity index is 1.41. The SMILES string of the molecule is O=C1COC(=O)N1CC1CN(S(=O)(=O)c2ccc(-c3ccc(F)cc3)cc2)C1. The van der Waals surface area contributed by atoms with E-state index in [-0.39, 0.29) is 42.9 Å². The molecule has 0 saturated carbocycles. The van der Waals surface area contributed by atoms with Gasteiger partial charge in [0, 0.05) is 25.6 Å². The third-order valence-corrected chi connectivity index (χ3v) is 6.72. The molecule has 0 spiro atoms. The second-order valence-electron chi connectivity index (χ2n) is 6.78. The van der Waals surface area contributed by atoms with Crippen LogP contribution in [0.5, 0.6) is 0 Å². The lowest BCUT2D eigenvalue weighted by atomic mass is 10.0. The van der Waals surface area contributed by atoms with Crippen LogP contribution in [0.15, 0.2) is 53.4 Å². The molecule has 2 aliphatic rings. The van der Waals surface area contributed by atoms with Gasteiger partial charge >= 0.3 is 6.09 Å². The van der Waals surface area contributed by atoms with Gasteiger partial charge in [-0.15, -0.1) is 0 Å². The number of amides is 2. The average Bonchev–Trinajstić information content (AvgIpc) is 2.96. The number of carbonyl (C=O) groups is 2. The standard InChI is InChI=1S/C19H17FN2O5S/c20-16-5-1-14(2-6-16)15-3-7-17(8-4-15)28(25,26)21-9-13(10-21)11-22-18(23)12-27-19(22)24/h1-8,13H,9-12H2. The van der Waals surface area contributed by atoms with Crippen molar-refractivity contribution in [3.63, 3.8) is 0 Å². The van der Waals surface area contributed by atoms with Crippen LogP contribution in [0, 0.1) is 11.7 Å². The van der Waals surface area contributed by atoms with Crippen molar-refractivity contribution in [1.82, 2.24) is 9.21 Å². The molecule has 2 saturated heterocycles. The highest BCUT2D eigenvalue weighted by Gasteiger charge is 2.41. The normalized spacial score (nSPS) is 18.2. The Bertz CT molecular complexity index is 999. The number of carbonyl (C=O) groups excluding carboxylic acids is 2. The lowest BCUT2D eigenvalue weighted by Crippen LogP contribution is -2.54. The highest BCUT2D eigenvalue weighted by Crippen LogP contribution is 2.28. The van der Waals surface area contributed by atoms with E-state index in [1.54, 1.807) is 24.3 Å². The topological polar surface area (TPSA) is 84.0 Å². The van der Waals surface area contributed by atoms with E-state index < -0.39 is 22.0 Å². The number of hydrogen-bond donors (Lipinski definition) is 0. The first-order valence-electron chi connectivity index (χ1n) is 8.68. The van der Waals surface area contributed by atoms with Gasteiger partial charge in [0.25, 0.3) is 5.91 Å². The highest BCUT2D eigenvalue weighted by atomic mass is 32.2. The molecule has 0 aromatic heterocycles. The Kier molecular flexibility index (Phi) is 4.64. The Labute approximate surface area is 161 Å². The molecule has 2 aromatic rings. The molecular weight excluding hydrogens is 387 g/mol. The quantitative estimate of drug-likeness (QED) is 0.762. The van der Waals surface area contributed by atoms with Crippen LogP contribution in [0.1, 0.15) is 0 Å². The Morgan fingerprint density at radius 2 is 1.54 bits per heavy atom. The minimum Gasteiger partial charge on any atom is -0.439 e. The van der Waals surface area contributed by atoms with E-state index in [2.05, 4.69) is 4.74 Å². The predicted octanol–water partition coefficient (Wildman–Crippen LogP) is 2.09. The van der Waals surface area contributed by atoms with Gasteiger partial charge in [0.2, 0.25) is 10.0 Å². The Hall–Kier alpha value is -2.78. The van der Waals surface area contributed by atoms with Crippen molar-refractivity contribution < 1.29 is 27.1 Å². The van der Waals surface area contributed by atoms with Crippen LogP contribution in [0.2, 0.25) is 0 Å². The first kappa shape index (κ1) is 18.6. The second kappa shape index (κ2) is 6.99. The number of sulfonamides is 1. The molecule has 28 heavy (non-hydrogen) atoms. The monoisotopic (exact) mass is 404 g/mol. The van der Waals surface area contributed by atoms with Gasteiger partial charge in [-0.25, -0.2) is 22.5 Å². The third-order valence-electron chi connectivity index (χ3n) is 4.87. The van der Waals surface area contributed by atoms with E-state index >= 15 is 0 Å². The molecule has 0 atom stereocenters. The summed E-state index contributed by atoms with van der Waals surface area (Å²) in [5.74, 6) is -0.843. The van der Waals surface area contributed by atoms with Crippen molar-refractivity contribution >= 4 is 22.0 Å². The fourth-order valence-electron chi connectivity index (χ4n) is 3.26. The van der Waals surface area contributed by atoms with Crippen LogP contribution in [-0.4, -0.2) is 55.9 Å². The van der Waals surface area contributed by atoms with E-state index in [9.17, 15) is 22.4 Å². The van der Waals surface area contributed by atoms with Crippen molar-refractivity contribution in [2.45, 2.75) is 4.90 Å². The predicted molar refractivity (Wildman–Crippen MR) is 97.1 cm³/mol. The van der Waals surface area contributed by atoms with Gasteiger partial charge in [-0.1, -0.05) is 24.3 Å². The van der Waals surface area contributed by atoms with E-state index in [1.165, 1.54) is 28.6 Å². The van der Waals surface area contributed by atoms with Crippen LogP contribution in [-0.2, 0) is 19.6 Å². The average molecular weight is 404 g/mol. The summed E-state index contributed by atoms with van der Waals surface area (Å²) in [5.41, 5.74) is 1.57. The lowest BCUT2D eigenvalue weighted by Gasteiger charge is -2.39. The summed E-state index contributed by atoms with van der Waals surface area (Å²) in [7, 11) is -3.65. The molecule has 0 radical (unpaired) electrons. The van der Waals surface area contributed by atoms with Crippen LogP contribution >= 0.6 is 0 Å². The summed E-state index contributed by atoms with van der Waals surface area (Å²) in [6, 6.07) is 12.3. The van der Waals surface area contributed by atoms with E-state index in [1.807, 2.05) is 0 Å². The molecular formula is C19H17FN2O5S. The first-order valence-corrected chi connectivity index (χ1v) is 10.1. The van der Waals surface area contributed by atoms with Crippen molar-refractivity contribution in [1.29, 1.82) is 0 Å². The molecule has 2 fully saturated rings. The Morgan fingerprint density at radius 3 is 2.07 bits per heavy atom. The van der Waals surface area contributed by atoms with Crippen molar-refractivity contribution in [2.75, 3.05) is 26.2 Å². The fraction of sp³-hybridized carbons (Fsp3) is 0.263. The van der Waals surface area contributed by atoms with Crippen LogP contribution < -0.4 is 0 Å². The maximum Gasteiger partial charge on any atom is 0.417 e. The number of nitrogens with zero attached hydrogens (tertiary/aromatic N) is 2. The highest BCUT2D eigenvalue weighted by molar-refractivity contribution is 7.89.